The van der Waals surface area contributed by atoms with E-state index in [9.17, 15) is 9.50 Å². The summed E-state index contributed by atoms with van der Waals surface area (Å²) in [6.07, 6.45) is 0.858. The second-order valence-corrected chi connectivity index (χ2v) is 6.29. The highest BCUT2D eigenvalue weighted by Crippen LogP contribution is 2.25. The average Bonchev–Trinajstić information content (AvgIpc) is 2.43. The zero-order chi connectivity index (χ0) is 15.5. The molecule has 2 rings (SSSR count). The second kappa shape index (κ2) is 6.58. The van der Waals surface area contributed by atoms with Crippen LogP contribution in [0.5, 0.6) is 5.75 Å². The largest absolute Gasteiger partial charge is 0.497 e. The van der Waals surface area contributed by atoms with Crippen LogP contribution in [-0.4, -0.2) is 17.8 Å². The minimum atomic E-state index is -0.953. The van der Waals surface area contributed by atoms with Crippen molar-refractivity contribution in [2.24, 2.45) is 0 Å². The van der Waals surface area contributed by atoms with Crippen molar-refractivity contribution >= 4 is 15.9 Å². The summed E-state index contributed by atoms with van der Waals surface area (Å²) in [5, 5.41) is 10.6. The fourth-order valence-corrected chi connectivity index (χ4v) is 2.72. The Balaban J connectivity index is 2.11. The number of methoxy groups -OCH3 is 1. The minimum Gasteiger partial charge on any atom is -0.497 e. The van der Waals surface area contributed by atoms with Crippen LogP contribution < -0.4 is 4.74 Å². The van der Waals surface area contributed by atoms with Gasteiger partial charge in [0.25, 0.3) is 0 Å². The van der Waals surface area contributed by atoms with Crippen LogP contribution in [-0.2, 0) is 12.8 Å². The van der Waals surface area contributed by atoms with Gasteiger partial charge in [0, 0.05) is 17.3 Å². The second-order valence-electron chi connectivity index (χ2n) is 5.43. The Morgan fingerprint density at radius 1 is 1.14 bits per heavy atom. The molecule has 0 bridgehead atoms. The summed E-state index contributed by atoms with van der Waals surface area (Å²) in [5.41, 5.74) is 0.812. The van der Waals surface area contributed by atoms with Crippen molar-refractivity contribution in [2.45, 2.75) is 25.4 Å². The maximum Gasteiger partial charge on any atom is 0.123 e. The maximum atomic E-state index is 13.3. The highest BCUT2D eigenvalue weighted by molar-refractivity contribution is 9.10. The van der Waals surface area contributed by atoms with Gasteiger partial charge in [-0.1, -0.05) is 28.1 Å². The topological polar surface area (TPSA) is 29.5 Å². The molecule has 0 saturated heterocycles. The van der Waals surface area contributed by atoms with Gasteiger partial charge in [0.05, 0.1) is 12.7 Å². The van der Waals surface area contributed by atoms with E-state index in [4.69, 9.17) is 4.74 Å². The predicted molar refractivity (Wildman–Crippen MR) is 85.1 cm³/mol. The lowest BCUT2D eigenvalue weighted by atomic mass is 9.90. The highest BCUT2D eigenvalue weighted by atomic mass is 79.9. The van der Waals surface area contributed by atoms with Gasteiger partial charge in [-0.25, -0.2) is 4.39 Å². The molecule has 21 heavy (non-hydrogen) atoms. The lowest BCUT2D eigenvalue weighted by Gasteiger charge is -2.24. The number of ether oxygens (including phenoxy) is 1. The molecule has 0 radical (unpaired) electrons. The van der Waals surface area contributed by atoms with E-state index in [-0.39, 0.29) is 5.82 Å². The quantitative estimate of drug-likeness (QED) is 0.876. The summed E-state index contributed by atoms with van der Waals surface area (Å²) in [5.74, 6) is 0.486. The van der Waals surface area contributed by atoms with E-state index in [1.807, 2.05) is 24.3 Å². The third-order valence-corrected chi connectivity index (χ3v) is 4.10. The van der Waals surface area contributed by atoms with Crippen molar-refractivity contribution in [1.82, 2.24) is 0 Å². The van der Waals surface area contributed by atoms with Gasteiger partial charge in [-0.3, -0.25) is 0 Å². The van der Waals surface area contributed by atoms with Crippen LogP contribution >= 0.6 is 15.9 Å². The van der Waals surface area contributed by atoms with Crippen molar-refractivity contribution < 1.29 is 14.2 Å². The van der Waals surface area contributed by atoms with Crippen LogP contribution in [0.3, 0.4) is 0 Å². The van der Waals surface area contributed by atoms with Gasteiger partial charge in [-0.15, -0.1) is 0 Å². The van der Waals surface area contributed by atoms with Crippen molar-refractivity contribution in [1.29, 1.82) is 0 Å². The molecule has 0 aromatic heterocycles. The fourth-order valence-electron chi connectivity index (χ4n) is 2.33. The predicted octanol–water partition coefficient (Wildman–Crippen LogP) is 4.13. The van der Waals surface area contributed by atoms with E-state index in [2.05, 4.69) is 15.9 Å². The number of hydrogen-bond donors (Lipinski definition) is 1. The standard InChI is InChI=1S/C17H18BrFO2/c1-17(20,10-12-3-6-15(21-2)7-4-12)11-13-9-14(19)5-8-16(13)18/h3-9,20H,10-11H2,1-2H3. The van der Waals surface area contributed by atoms with Crippen LogP contribution in [0.25, 0.3) is 0 Å². The molecule has 112 valence electrons. The first-order valence-corrected chi connectivity index (χ1v) is 7.48. The average molecular weight is 353 g/mol. The molecule has 0 fully saturated rings. The Kier molecular flexibility index (Phi) is 5.01. The molecule has 0 heterocycles. The number of halogens is 2. The lowest BCUT2D eigenvalue weighted by Crippen LogP contribution is -2.30. The van der Waals surface area contributed by atoms with Crippen LogP contribution in [0.15, 0.2) is 46.9 Å². The molecular weight excluding hydrogens is 335 g/mol. The van der Waals surface area contributed by atoms with Gasteiger partial charge in [0.2, 0.25) is 0 Å². The first-order valence-electron chi connectivity index (χ1n) is 6.69. The zero-order valence-corrected chi connectivity index (χ0v) is 13.7. The Bertz CT molecular complexity index is 609. The molecule has 0 aliphatic carbocycles. The van der Waals surface area contributed by atoms with E-state index < -0.39 is 5.60 Å². The van der Waals surface area contributed by atoms with Crippen molar-refractivity contribution in [3.8, 4) is 5.75 Å². The summed E-state index contributed by atoms with van der Waals surface area (Å²) >= 11 is 3.39. The summed E-state index contributed by atoms with van der Waals surface area (Å²) in [6.45, 7) is 1.76. The van der Waals surface area contributed by atoms with E-state index in [0.717, 1.165) is 21.3 Å². The van der Waals surface area contributed by atoms with Crippen molar-refractivity contribution in [3.05, 3.63) is 63.9 Å². The van der Waals surface area contributed by atoms with E-state index in [0.29, 0.717) is 12.8 Å². The van der Waals surface area contributed by atoms with Crippen LogP contribution in [0.2, 0.25) is 0 Å². The van der Waals surface area contributed by atoms with Crippen LogP contribution in [0.4, 0.5) is 4.39 Å². The minimum absolute atomic E-state index is 0.298. The van der Waals surface area contributed by atoms with E-state index in [1.165, 1.54) is 12.1 Å². The van der Waals surface area contributed by atoms with Crippen LogP contribution in [0, 0.1) is 5.82 Å². The molecule has 2 nitrogen and oxygen atoms in total. The number of hydrogen-bond acceptors (Lipinski definition) is 2. The molecule has 4 heteroatoms. The first-order chi connectivity index (χ1) is 9.89. The summed E-state index contributed by atoms with van der Waals surface area (Å²) in [4.78, 5) is 0. The van der Waals surface area contributed by atoms with E-state index in [1.54, 1.807) is 20.1 Å². The molecule has 0 aliphatic heterocycles. The number of benzene rings is 2. The third-order valence-electron chi connectivity index (χ3n) is 3.32. The fraction of sp³-hybridized carbons (Fsp3) is 0.294. The van der Waals surface area contributed by atoms with Crippen LogP contribution in [0.1, 0.15) is 18.1 Å². The van der Waals surface area contributed by atoms with E-state index >= 15 is 0 Å². The Hall–Kier alpha value is -1.39. The normalized spacial score (nSPS) is 13.8. The van der Waals surface area contributed by atoms with Gasteiger partial charge in [0.1, 0.15) is 11.6 Å². The molecule has 1 N–H and O–H groups in total. The zero-order valence-electron chi connectivity index (χ0n) is 12.1. The molecule has 2 aromatic carbocycles. The molecule has 1 atom stereocenters. The van der Waals surface area contributed by atoms with Gasteiger partial charge < -0.3 is 9.84 Å². The van der Waals surface area contributed by atoms with Gasteiger partial charge in [-0.05, 0) is 48.4 Å². The summed E-state index contributed by atoms with van der Waals surface area (Å²) < 4.78 is 19.2. The maximum absolute atomic E-state index is 13.3. The summed E-state index contributed by atoms with van der Waals surface area (Å²) in [6, 6.07) is 12.1. The Morgan fingerprint density at radius 2 is 1.81 bits per heavy atom. The number of aliphatic hydroxyl groups is 1. The molecule has 0 saturated carbocycles. The Morgan fingerprint density at radius 3 is 2.43 bits per heavy atom. The molecule has 0 amide bonds. The SMILES string of the molecule is COc1ccc(CC(C)(O)Cc2cc(F)ccc2Br)cc1. The summed E-state index contributed by atoms with van der Waals surface area (Å²) in [7, 11) is 1.62. The van der Waals surface area contributed by atoms with Crippen molar-refractivity contribution in [2.75, 3.05) is 7.11 Å². The number of rotatable bonds is 5. The molecule has 0 spiro atoms. The van der Waals surface area contributed by atoms with Gasteiger partial charge in [0.15, 0.2) is 0 Å². The molecule has 1 unspecified atom stereocenters. The third kappa shape index (κ3) is 4.55. The molecule has 0 aliphatic rings. The van der Waals surface area contributed by atoms with Gasteiger partial charge in [-0.2, -0.15) is 0 Å². The smallest absolute Gasteiger partial charge is 0.123 e. The van der Waals surface area contributed by atoms with Crippen molar-refractivity contribution in [3.63, 3.8) is 0 Å². The van der Waals surface area contributed by atoms with Gasteiger partial charge >= 0.3 is 0 Å². The Labute approximate surface area is 132 Å². The lowest BCUT2D eigenvalue weighted by molar-refractivity contribution is 0.0606. The monoisotopic (exact) mass is 352 g/mol. The molecule has 2 aromatic rings. The first kappa shape index (κ1) is 16.0. The molecular formula is C17H18BrFO2. The highest BCUT2D eigenvalue weighted by Gasteiger charge is 2.23.